The minimum Gasteiger partial charge on any atom is -0.352 e. The molecule has 1 aromatic carbocycles. The van der Waals surface area contributed by atoms with E-state index in [-0.39, 0.29) is 5.56 Å². The third-order valence-electron chi connectivity index (χ3n) is 2.51. The number of hydrogen-bond acceptors (Lipinski definition) is 5. The number of amides is 1. The van der Waals surface area contributed by atoms with Crippen molar-refractivity contribution in [2.75, 3.05) is 6.54 Å². The Morgan fingerprint density at radius 2 is 1.95 bits per heavy atom. The van der Waals surface area contributed by atoms with E-state index in [2.05, 4.69) is 5.32 Å². The second-order valence-corrected chi connectivity index (χ2v) is 4.33. The Labute approximate surface area is 119 Å². The molecule has 0 aliphatic heterocycles. The van der Waals surface area contributed by atoms with Gasteiger partial charge in [0, 0.05) is 12.6 Å². The number of nitrogens with zero attached hydrogens (tertiary/aromatic N) is 2. The van der Waals surface area contributed by atoms with Gasteiger partial charge in [-0.15, -0.1) is 0 Å². The summed E-state index contributed by atoms with van der Waals surface area (Å²) in [5.41, 5.74) is -1.49. The molecule has 20 heavy (non-hydrogen) atoms. The van der Waals surface area contributed by atoms with Crippen molar-refractivity contribution in [3.8, 4) is 0 Å². The number of rotatable bonds is 6. The van der Waals surface area contributed by atoms with Crippen molar-refractivity contribution in [2.45, 2.75) is 19.8 Å². The molecule has 0 spiro atoms. The Morgan fingerprint density at radius 1 is 1.30 bits per heavy atom. The fraction of sp³-hybridized carbons (Fsp3) is 0.364. The van der Waals surface area contributed by atoms with Gasteiger partial charge in [-0.25, -0.2) is 0 Å². The predicted octanol–water partition coefficient (Wildman–Crippen LogP) is 2.69. The lowest BCUT2D eigenvalue weighted by atomic mass is 10.1. The van der Waals surface area contributed by atoms with Crippen LogP contribution in [0.2, 0.25) is 5.02 Å². The van der Waals surface area contributed by atoms with E-state index in [1.807, 2.05) is 6.92 Å². The molecule has 0 radical (unpaired) electrons. The standard InChI is InChI=1S/C11H12ClN3O5/c1-2-3-4-13-11(16)8-5-7(14(17)18)6-9(10(8)12)15(19)20/h5-6H,2-4H2,1H3,(H,13,16). The topological polar surface area (TPSA) is 115 Å². The number of nitro groups is 2. The van der Waals surface area contributed by atoms with Crippen LogP contribution < -0.4 is 5.32 Å². The molecule has 1 N–H and O–H groups in total. The van der Waals surface area contributed by atoms with Crippen molar-refractivity contribution in [1.82, 2.24) is 5.32 Å². The maximum absolute atomic E-state index is 11.8. The van der Waals surface area contributed by atoms with E-state index in [9.17, 15) is 25.0 Å². The smallest absolute Gasteiger partial charge is 0.295 e. The van der Waals surface area contributed by atoms with Crippen LogP contribution >= 0.6 is 11.6 Å². The van der Waals surface area contributed by atoms with Gasteiger partial charge in [-0.1, -0.05) is 24.9 Å². The van der Waals surface area contributed by atoms with Crippen molar-refractivity contribution in [3.05, 3.63) is 42.9 Å². The molecule has 0 aliphatic carbocycles. The summed E-state index contributed by atoms with van der Waals surface area (Å²) in [4.78, 5) is 31.7. The summed E-state index contributed by atoms with van der Waals surface area (Å²) in [5.74, 6) is -0.671. The quantitative estimate of drug-likeness (QED) is 0.492. The van der Waals surface area contributed by atoms with Crippen LogP contribution in [0, 0.1) is 20.2 Å². The Kier molecular flexibility index (Phi) is 5.39. The zero-order valence-electron chi connectivity index (χ0n) is 10.6. The molecule has 0 heterocycles. The summed E-state index contributed by atoms with van der Waals surface area (Å²) in [7, 11) is 0. The van der Waals surface area contributed by atoms with Gasteiger partial charge in [-0.05, 0) is 6.42 Å². The van der Waals surface area contributed by atoms with Crippen molar-refractivity contribution < 1.29 is 14.6 Å². The van der Waals surface area contributed by atoms with Crippen LogP contribution in [0.1, 0.15) is 30.1 Å². The van der Waals surface area contributed by atoms with Crippen LogP contribution in [0.3, 0.4) is 0 Å². The zero-order valence-corrected chi connectivity index (χ0v) is 11.3. The molecule has 8 nitrogen and oxygen atoms in total. The molecule has 1 amide bonds. The van der Waals surface area contributed by atoms with Gasteiger partial charge >= 0.3 is 0 Å². The Morgan fingerprint density at radius 3 is 2.45 bits per heavy atom. The van der Waals surface area contributed by atoms with E-state index < -0.39 is 32.2 Å². The summed E-state index contributed by atoms with van der Waals surface area (Å²) in [6, 6.07) is 1.65. The Balaban J connectivity index is 3.20. The molecule has 0 bridgehead atoms. The second kappa shape index (κ2) is 6.80. The van der Waals surface area contributed by atoms with Crippen molar-refractivity contribution in [2.24, 2.45) is 0 Å². The lowest BCUT2D eigenvalue weighted by Crippen LogP contribution is -2.25. The molecule has 0 saturated heterocycles. The Hall–Kier alpha value is -2.22. The number of nitrogens with one attached hydrogen (secondary N) is 1. The maximum atomic E-state index is 11.8. The van der Waals surface area contributed by atoms with Crippen LogP contribution in [0.5, 0.6) is 0 Å². The number of hydrogen-bond donors (Lipinski definition) is 1. The highest BCUT2D eigenvalue weighted by atomic mass is 35.5. The fourth-order valence-electron chi connectivity index (χ4n) is 1.47. The van der Waals surface area contributed by atoms with Gasteiger partial charge in [-0.2, -0.15) is 0 Å². The summed E-state index contributed by atoms with van der Waals surface area (Å²) < 4.78 is 0. The molecule has 108 valence electrons. The summed E-state index contributed by atoms with van der Waals surface area (Å²) in [5, 5.41) is 23.6. The molecule has 0 saturated carbocycles. The molecule has 0 aliphatic rings. The lowest BCUT2D eigenvalue weighted by Gasteiger charge is -2.06. The van der Waals surface area contributed by atoms with E-state index in [0.717, 1.165) is 25.0 Å². The molecular formula is C11H12ClN3O5. The molecular weight excluding hydrogens is 290 g/mol. The largest absolute Gasteiger partial charge is 0.352 e. The third kappa shape index (κ3) is 3.64. The minimum absolute atomic E-state index is 0.274. The number of unbranched alkanes of at least 4 members (excludes halogenated alkanes) is 1. The molecule has 0 aromatic heterocycles. The maximum Gasteiger partial charge on any atom is 0.295 e. The van der Waals surface area contributed by atoms with E-state index in [1.165, 1.54) is 0 Å². The van der Waals surface area contributed by atoms with Gasteiger partial charge in [-0.3, -0.25) is 25.0 Å². The first-order valence-corrected chi connectivity index (χ1v) is 6.16. The molecule has 0 unspecified atom stereocenters. The lowest BCUT2D eigenvalue weighted by molar-refractivity contribution is -0.394. The van der Waals surface area contributed by atoms with Gasteiger partial charge in [0.15, 0.2) is 0 Å². The predicted molar refractivity (Wildman–Crippen MR) is 72.0 cm³/mol. The first-order valence-electron chi connectivity index (χ1n) is 5.79. The molecule has 1 rings (SSSR count). The number of carbonyl (C=O) groups is 1. The number of non-ortho nitro benzene ring substituents is 1. The van der Waals surface area contributed by atoms with E-state index in [1.54, 1.807) is 0 Å². The van der Waals surface area contributed by atoms with Crippen molar-refractivity contribution in [1.29, 1.82) is 0 Å². The van der Waals surface area contributed by atoms with Gasteiger partial charge in [0.2, 0.25) is 0 Å². The first kappa shape index (κ1) is 15.8. The first-order chi connectivity index (χ1) is 9.38. The highest BCUT2D eigenvalue weighted by Crippen LogP contribution is 2.32. The number of nitro benzene ring substituents is 2. The highest BCUT2D eigenvalue weighted by molar-refractivity contribution is 6.36. The van der Waals surface area contributed by atoms with Crippen LogP contribution in [-0.2, 0) is 0 Å². The van der Waals surface area contributed by atoms with Crippen LogP contribution in [0.4, 0.5) is 11.4 Å². The Bertz CT molecular complexity index is 561. The van der Waals surface area contributed by atoms with Gasteiger partial charge in [0.1, 0.15) is 5.02 Å². The van der Waals surface area contributed by atoms with Crippen LogP contribution in [-0.4, -0.2) is 22.3 Å². The summed E-state index contributed by atoms with van der Waals surface area (Å²) in [6.45, 7) is 2.29. The SMILES string of the molecule is CCCCNC(=O)c1cc([N+](=O)[O-])cc([N+](=O)[O-])c1Cl. The number of carbonyl (C=O) groups excluding carboxylic acids is 1. The second-order valence-electron chi connectivity index (χ2n) is 3.95. The number of halogens is 1. The van der Waals surface area contributed by atoms with Gasteiger partial charge < -0.3 is 5.32 Å². The summed E-state index contributed by atoms with van der Waals surface area (Å²) in [6.07, 6.45) is 1.57. The van der Waals surface area contributed by atoms with E-state index in [0.29, 0.717) is 6.54 Å². The monoisotopic (exact) mass is 301 g/mol. The highest BCUT2D eigenvalue weighted by Gasteiger charge is 2.26. The average molecular weight is 302 g/mol. The zero-order chi connectivity index (χ0) is 15.3. The average Bonchev–Trinajstić information content (AvgIpc) is 2.38. The molecule has 0 atom stereocenters. The molecule has 1 aromatic rings. The molecule has 9 heteroatoms. The van der Waals surface area contributed by atoms with Crippen molar-refractivity contribution >= 4 is 28.9 Å². The number of benzene rings is 1. The van der Waals surface area contributed by atoms with Gasteiger partial charge in [0.25, 0.3) is 17.3 Å². The normalized spacial score (nSPS) is 10.1. The van der Waals surface area contributed by atoms with E-state index in [4.69, 9.17) is 11.6 Å². The van der Waals surface area contributed by atoms with E-state index >= 15 is 0 Å². The van der Waals surface area contributed by atoms with Crippen LogP contribution in [0.25, 0.3) is 0 Å². The van der Waals surface area contributed by atoms with Crippen molar-refractivity contribution in [3.63, 3.8) is 0 Å². The van der Waals surface area contributed by atoms with Gasteiger partial charge in [0.05, 0.1) is 21.5 Å². The summed E-state index contributed by atoms with van der Waals surface area (Å²) >= 11 is 5.76. The third-order valence-corrected chi connectivity index (χ3v) is 2.90. The molecule has 0 fully saturated rings. The van der Waals surface area contributed by atoms with Crippen LogP contribution in [0.15, 0.2) is 12.1 Å². The minimum atomic E-state index is -0.863. The fourth-order valence-corrected chi connectivity index (χ4v) is 1.74.